The first-order valence-electron chi connectivity index (χ1n) is 8.70. The van der Waals surface area contributed by atoms with Crippen LogP contribution < -0.4 is 15.4 Å². The molecular weight excluding hydrogens is 332 g/mol. The number of carbonyl (C=O) groups is 1. The van der Waals surface area contributed by atoms with Crippen molar-refractivity contribution in [2.45, 2.75) is 32.2 Å². The molecule has 2 N–H and O–H groups in total. The van der Waals surface area contributed by atoms with Crippen molar-refractivity contribution >= 4 is 17.6 Å². The fourth-order valence-corrected chi connectivity index (χ4v) is 2.75. The Bertz CT molecular complexity index is 934. The Balaban J connectivity index is 1.42. The Hall–Kier alpha value is -3.16. The number of nitrogens with zero attached hydrogens (tertiary/aromatic N) is 4. The van der Waals surface area contributed by atoms with Crippen molar-refractivity contribution in [2.24, 2.45) is 0 Å². The van der Waals surface area contributed by atoms with Gasteiger partial charge < -0.3 is 19.8 Å². The van der Waals surface area contributed by atoms with Gasteiger partial charge in [-0.1, -0.05) is 6.07 Å². The zero-order chi connectivity index (χ0) is 17.9. The number of carbonyl (C=O) groups excluding carboxylic acids is 1. The lowest BCUT2D eigenvalue weighted by Crippen LogP contribution is -2.26. The molecule has 4 rings (SSSR count). The van der Waals surface area contributed by atoms with Crippen molar-refractivity contribution in [2.75, 3.05) is 11.9 Å². The van der Waals surface area contributed by atoms with Gasteiger partial charge in [0.15, 0.2) is 0 Å². The highest BCUT2D eigenvalue weighted by Gasteiger charge is 2.23. The fraction of sp³-hybridized carbons (Fsp3) is 0.333. The standard InChI is InChI=1S/C18H20N6O2/c1-2-19-18(25)26-17-7-15(21-11-22-17)20-8-14-10-24-9-13(12-3-4-12)5-6-16(24)23-14/h5-7,9-12H,2-4,8H2,1H3,(H,19,25)(H,20,21,22). The number of aromatic nitrogens is 4. The summed E-state index contributed by atoms with van der Waals surface area (Å²) in [5, 5.41) is 5.73. The van der Waals surface area contributed by atoms with Gasteiger partial charge in [-0.3, -0.25) is 0 Å². The van der Waals surface area contributed by atoms with E-state index in [1.807, 2.05) is 13.1 Å². The summed E-state index contributed by atoms with van der Waals surface area (Å²) in [6, 6.07) is 5.79. The Morgan fingerprint density at radius 2 is 2.19 bits per heavy atom. The Labute approximate surface area is 150 Å². The van der Waals surface area contributed by atoms with E-state index in [0.717, 1.165) is 11.3 Å². The van der Waals surface area contributed by atoms with Gasteiger partial charge in [0.2, 0.25) is 5.88 Å². The van der Waals surface area contributed by atoms with E-state index in [0.29, 0.717) is 24.8 Å². The quantitative estimate of drug-likeness (QED) is 0.708. The number of anilines is 1. The number of hydrogen-bond acceptors (Lipinski definition) is 6. The monoisotopic (exact) mass is 352 g/mol. The molecule has 8 nitrogen and oxygen atoms in total. The molecule has 0 unspecified atom stereocenters. The molecule has 134 valence electrons. The summed E-state index contributed by atoms with van der Waals surface area (Å²) in [6.45, 7) is 2.82. The lowest BCUT2D eigenvalue weighted by Gasteiger charge is -2.06. The molecule has 0 saturated heterocycles. The van der Waals surface area contributed by atoms with Gasteiger partial charge in [0.1, 0.15) is 17.8 Å². The van der Waals surface area contributed by atoms with Crippen LogP contribution in [0, 0.1) is 0 Å². The molecule has 0 spiro atoms. The Morgan fingerprint density at radius 3 is 3.00 bits per heavy atom. The van der Waals surface area contributed by atoms with Crippen LogP contribution in [-0.4, -0.2) is 32.0 Å². The topological polar surface area (TPSA) is 93.4 Å². The molecular formula is C18H20N6O2. The average molecular weight is 352 g/mol. The molecule has 0 bridgehead atoms. The normalized spacial score (nSPS) is 13.6. The predicted molar refractivity (Wildman–Crippen MR) is 96.2 cm³/mol. The maximum atomic E-state index is 11.5. The molecule has 1 aliphatic rings. The van der Waals surface area contributed by atoms with Gasteiger partial charge in [0.25, 0.3) is 0 Å². The van der Waals surface area contributed by atoms with Crippen LogP contribution in [0.25, 0.3) is 5.65 Å². The Kier molecular flexibility index (Phi) is 4.39. The van der Waals surface area contributed by atoms with Crippen molar-refractivity contribution in [3.63, 3.8) is 0 Å². The van der Waals surface area contributed by atoms with Crippen molar-refractivity contribution in [3.8, 4) is 5.88 Å². The summed E-state index contributed by atoms with van der Waals surface area (Å²) >= 11 is 0. The predicted octanol–water partition coefficient (Wildman–Crippen LogP) is 2.72. The molecule has 1 fully saturated rings. The smallest absolute Gasteiger partial charge is 0.391 e. The van der Waals surface area contributed by atoms with Crippen LogP contribution in [0.2, 0.25) is 0 Å². The molecule has 1 saturated carbocycles. The van der Waals surface area contributed by atoms with Crippen LogP contribution in [0.1, 0.15) is 36.9 Å². The number of fused-ring (bicyclic) bond motifs is 1. The zero-order valence-corrected chi connectivity index (χ0v) is 14.5. The van der Waals surface area contributed by atoms with Crippen molar-refractivity contribution in [1.29, 1.82) is 0 Å². The first-order chi connectivity index (χ1) is 12.7. The molecule has 3 aromatic heterocycles. The number of pyridine rings is 1. The van der Waals surface area contributed by atoms with E-state index in [1.165, 1.54) is 24.7 Å². The molecule has 3 aromatic rings. The molecule has 1 amide bonds. The fourth-order valence-electron chi connectivity index (χ4n) is 2.75. The average Bonchev–Trinajstić information content (AvgIpc) is 3.40. The second-order valence-electron chi connectivity index (χ2n) is 6.25. The Morgan fingerprint density at radius 1 is 1.31 bits per heavy atom. The van der Waals surface area contributed by atoms with Crippen LogP contribution in [0.5, 0.6) is 5.88 Å². The number of hydrogen-bond donors (Lipinski definition) is 2. The first kappa shape index (κ1) is 16.3. The molecule has 0 atom stereocenters. The van der Waals surface area contributed by atoms with E-state index in [9.17, 15) is 4.79 Å². The minimum Gasteiger partial charge on any atom is -0.391 e. The van der Waals surface area contributed by atoms with Gasteiger partial charge in [-0.05, 0) is 37.3 Å². The van der Waals surface area contributed by atoms with Crippen molar-refractivity contribution in [1.82, 2.24) is 24.7 Å². The molecule has 1 aliphatic carbocycles. The number of rotatable bonds is 6. The third kappa shape index (κ3) is 3.74. The summed E-state index contributed by atoms with van der Waals surface area (Å²) in [5.74, 6) is 1.47. The van der Waals surface area contributed by atoms with Crippen LogP contribution in [0.4, 0.5) is 10.6 Å². The molecule has 0 aromatic carbocycles. The minimum absolute atomic E-state index is 0.192. The molecule has 26 heavy (non-hydrogen) atoms. The van der Waals surface area contributed by atoms with Crippen LogP contribution in [0.15, 0.2) is 36.9 Å². The second-order valence-corrected chi connectivity index (χ2v) is 6.25. The summed E-state index contributed by atoms with van der Waals surface area (Å²) in [5.41, 5.74) is 3.20. The lowest BCUT2D eigenvalue weighted by atomic mass is 10.2. The molecule has 0 aliphatic heterocycles. The van der Waals surface area contributed by atoms with Gasteiger partial charge in [-0.2, -0.15) is 0 Å². The van der Waals surface area contributed by atoms with E-state index in [2.05, 4.69) is 48.3 Å². The van der Waals surface area contributed by atoms with Crippen LogP contribution in [0.3, 0.4) is 0 Å². The van der Waals surface area contributed by atoms with E-state index in [1.54, 1.807) is 6.07 Å². The third-order valence-electron chi connectivity index (χ3n) is 4.18. The maximum Gasteiger partial charge on any atom is 0.413 e. The summed E-state index contributed by atoms with van der Waals surface area (Å²) in [4.78, 5) is 24.1. The number of imidazole rings is 1. The third-order valence-corrected chi connectivity index (χ3v) is 4.18. The molecule has 0 radical (unpaired) electrons. The van der Waals surface area contributed by atoms with Crippen LogP contribution >= 0.6 is 0 Å². The molecule has 8 heteroatoms. The van der Waals surface area contributed by atoms with Gasteiger partial charge >= 0.3 is 6.09 Å². The zero-order valence-electron chi connectivity index (χ0n) is 14.5. The van der Waals surface area contributed by atoms with Crippen LogP contribution in [-0.2, 0) is 6.54 Å². The molecule has 3 heterocycles. The maximum absolute atomic E-state index is 11.5. The first-order valence-corrected chi connectivity index (χ1v) is 8.70. The number of nitrogens with one attached hydrogen (secondary N) is 2. The van der Waals surface area contributed by atoms with E-state index in [4.69, 9.17) is 4.74 Å². The largest absolute Gasteiger partial charge is 0.413 e. The number of amides is 1. The minimum atomic E-state index is -0.538. The van der Waals surface area contributed by atoms with E-state index >= 15 is 0 Å². The van der Waals surface area contributed by atoms with Gasteiger partial charge in [0, 0.05) is 25.0 Å². The summed E-state index contributed by atoms with van der Waals surface area (Å²) in [6.07, 6.45) is 7.55. The highest BCUT2D eigenvalue weighted by Crippen LogP contribution is 2.39. The van der Waals surface area contributed by atoms with Gasteiger partial charge in [-0.15, -0.1) is 0 Å². The summed E-state index contributed by atoms with van der Waals surface area (Å²) < 4.78 is 7.14. The van der Waals surface area contributed by atoms with Gasteiger partial charge in [0.05, 0.1) is 12.2 Å². The van der Waals surface area contributed by atoms with Crippen molar-refractivity contribution < 1.29 is 9.53 Å². The second kappa shape index (κ2) is 6.99. The highest BCUT2D eigenvalue weighted by molar-refractivity contribution is 5.69. The van der Waals surface area contributed by atoms with E-state index < -0.39 is 6.09 Å². The van der Waals surface area contributed by atoms with Gasteiger partial charge in [-0.25, -0.2) is 19.7 Å². The van der Waals surface area contributed by atoms with Crippen molar-refractivity contribution in [3.05, 3.63) is 48.2 Å². The lowest BCUT2D eigenvalue weighted by molar-refractivity contribution is 0.199. The number of ether oxygens (including phenoxy) is 1. The van der Waals surface area contributed by atoms with E-state index in [-0.39, 0.29) is 5.88 Å². The summed E-state index contributed by atoms with van der Waals surface area (Å²) in [7, 11) is 0. The highest BCUT2D eigenvalue weighted by atomic mass is 16.6. The SMILES string of the molecule is CCNC(=O)Oc1cc(NCc2cn3cc(C4CC4)ccc3n2)ncn1.